The minimum Gasteiger partial charge on any atom is -0.251 e. The van der Waals surface area contributed by atoms with Gasteiger partial charge in [-0.25, -0.2) is 14.7 Å². The van der Waals surface area contributed by atoms with E-state index in [0.29, 0.717) is 0 Å². The summed E-state index contributed by atoms with van der Waals surface area (Å²) in [5, 5.41) is 8.55. The maximum absolute atomic E-state index is 8.55. The highest BCUT2D eigenvalue weighted by atomic mass is 17.2. The molecule has 0 aliphatic rings. The molecule has 1 aromatic rings. The standard InChI is InChI=1S/C9H12O2.C8H18O2/c1-9(2,11-10)8-6-4-3-5-7-8;1-7(2,3)9-10-8(4,5)6/h3-7,10H,1-2H3;1-6H3. The first-order chi connectivity index (χ1) is 9.37. The zero-order chi connectivity index (χ0) is 16.7. The van der Waals surface area contributed by atoms with Crippen LogP contribution >= 0.6 is 0 Å². The monoisotopic (exact) mass is 298 g/mol. The van der Waals surface area contributed by atoms with E-state index < -0.39 is 5.60 Å². The molecule has 0 aromatic heterocycles. The van der Waals surface area contributed by atoms with E-state index in [1.165, 1.54) is 0 Å². The maximum Gasteiger partial charge on any atom is 0.123 e. The van der Waals surface area contributed by atoms with Crippen LogP contribution in [0.15, 0.2) is 30.3 Å². The molecule has 1 aromatic carbocycles. The van der Waals surface area contributed by atoms with Gasteiger partial charge >= 0.3 is 0 Å². The predicted octanol–water partition coefficient (Wildman–Crippen LogP) is 4.94. The van der Waals surface area contributed by atoms with Crippen LogP contribution < -0.4 is 0 Å². The van der Waals surface area contributed by atoms with E-state index in [4.69, 9.17) is 15.0 Å². The fraction of sp³-hybridized carbons (Fsp3) is 0.647. The van der Waals surface area contributed by atoms with Crippen molar-refractivity contribution in [3.05, 3.63) is 35.9 Å². The second-order valence-corrected chi connectivity index (χ2v) is 7.36. The third kappa shape index (κ3) is 10.4. The molecule has 0 saturated heterocycles. The smallest absolute Gasteiger partial charge is 0.123 e. The van der Waals surface area contributed by atoms with Gasteiger partial charge in [0, 0.05) is 0 Å². The average molecular weight is 298 g/mol. The molecule has 1 N–H and O–H groups in total. The van der Waals surface area contributed by atoms with Gasteiger partial charge in [0.2, 0.25) is 0 Å². The zero-order valence-electron chi connectivity index (χ0n) is 14.6. The highest BCUT2D eigenvalue weighted by Crippen LogP contribution is 2.22. The van der Waals surface area contributed by atoms with E-state index in [1.54, 1.807) is 0 Å². The van der Waals surface area contributed by atoms with Crippen molar-refractivity contribution in [2.75, 3.05) is 0 Å². The Hall–Kier alpha value is -0.940. The Labute approximate surface area is 128 Å². The Balaban J connectivity index is 0.000000384. The van der Waals surface area contributed by atoms with Gasteiger partial charge in [0.1, 0.15) is 5.60 Å². The third-order valence-electron chi connectivity index (χ3n) is 2.24. The van der Waals surface area contributed by atoms with E-state index in [9.17, 15) is 0 Å². The van der Waals surface area contributed by atoms with Gasteiger partial charge in [-0.3, -0.25) is 5.26 Å². The number of benzene rings is 1. The molecule has 0 unspecified atom stereocenters. The van der Waals surface area contributed by atoms with Gasteiger partial charge in [-0.1, -0.05) is 30.3 Å². The Morgan fingerprint density at radius 3 is 1.38 bits per heavy atom. The van der Waals surface area contributed by atoms with Crippen LogP contribution in [0.25, 0.3) is 0 Å². The minimum absolute atomic E-state index is 0.215. The van der Waals surface area contributed by atoms with E-state index in [2.05, 4.69) is 4.89 Å². The van der Waals surface area contributed by atoms with Gasteiger partial charge < -0.3 is 0 Å². The van der Waals surface area contributed by atoms with Crippen LogP contribution in [0.3, 0.4) is 0 Å². The summed E-state index contributed by atoms with van der Waals surface area (Å²) in [7, 11) is 0. The second kappa shape index (κ2) is 7.90. The van der Waals surface area contributed by atoms with Crippen LogP contribution in [-0.4, -0.2) is 16.5 Å². The molecular weight excluding hydrogens is 268 g/mol. The normalized spacial score (nSPS) is 12.6. The molecule has 4 nitrogen and oxygen atoms in total. The lowest BCUT2D eigenvalue weighted by atomic mass is 9.99. The third-order valence-corrected chi connectivity index (χ3v) is 2.24. The molecule has 0 aliphatic carbocycles. The number of hydrogen-bond acceptors (Lipinski definition) is 4. The van der Waals surface area contributed by atoms with Gasteiger partial charge in [0.05, 0.1) is 11.2 Å². The summed E-state index contributed by atoms with van der Waals surface area (Å²) >= 11 is 0. The molecule has 0 fully saturated rings. The summed E-state index contributed by atoms with van der Waals surface area (Å²) in [4.78, 5) is 14.5. The SMILES string of the molecule is CC(C)(C)OOC(C)(C)C.CC(C)(OO)c1ccccc1. The maximum atomic E-state index is 8.55. The Morgan fingerprint density at radius 1 is 0.714 bits per heavy atom. The number of hydrogen-bond donors (Lipinski definition) is 1. The van der Waals surface area contributed by atoms with Crippen LogP contribution in [0.2, 0.25) is 0 Å². The van der Waals surface area contributed by atoms with Crippen molar-refractivity contribution in [3.8, 4) is 0 Å². The molecule has 0 aliphatic heterocycles. The molecule has 0 atom stereocenters. The lowest BCUT2D eigenvalue weighted by molar-refractivity contribution is -0.393. The molecule has 1 rings (SSSR count). The van der Waals surface area contributed by atoms with Crippen molar-refractivity contribution in [3.63, 3.8) is 0 Å². The Morgan fingerprint density at radius 2 is 1.10 bits per heavy atom. The lowest BCUT2D eigenvalue weighted by Gasteiger charge is -2.24. The summed E-state index contributed by atoms with van der Waals surface area (Å²) in [5.41, 5.74) is -0.0792. The molecule has 122 valence electrons. The molecule has 0 bridgehead atoms. The fourth-order valence-corrected chi connectivity index (χ4v) is 1.14. The highest BCUT2D eigenvalue weighted by Gasteiger charge is 2.20. The van der Waals surface area contributed by atoms with Crippen LogP contribution in [-0.2, 0) is 20.3 Å². The molecule has 0 spiro atoms. The zero-order valence-corrected chi connectivity index (χ0v) is 14.6. The van der Waals surface area contributed by atoms with Crippen LogP contribution in [0.5, 0.6) is 0 Å². The number of rotatable bonds is 3. The predicted molar refractivity (Wildman–Crippen MR) is 84.9 cm³/mol. The Kier molecular flexibility index (Phi) is 7.54. The lowest BCUT2D eigenvalue weighted by Crippen LogP contribution is -2.27. The van der Waals surface area contributed by atoms with E-state index in [0.717, 1.165) is 5.56 Å². The first kappa shape index (κ1) is 20.1. The van der Waals surface area contributed by atoms with Crippen LogP contribution in [0.4, 0.5) is 0 Å². The molecule has 21 heavy (non-hydrogen) atoms. The minimum atomic E-state index is -0.610. The first-order valence-electron chi connectivity index (χ1n) is 7.12. The van der Waals surface area contributed by atoms with Crippen molar-refractivity contribution in [1.29, 1.82) is 0 Å². The van der Waals surface area contributed by atoms with Gasteiger partial charge in [0.15, 0.2) is 0 Å². The summed E-state index contributed by atoms with van der Waals surface area (Å²) in [6.45, 7) is 15.4. The summed E-state index contributed by atoms with van der Waals surface area (Å²) < 4.78 is 0. The topological polar surface area (TPSA) is 47.9 Å². The van der Waals surface area contributed by atoms with Crippen LogP contribution in [0, 0.1) is 0 Å². The second-order valence-electron chi connectivity index (χ2n) is 7.36. The van der Waals surface area contributed by atoms with Crippen molar-refractivity contribution in [1.82, 2.24) is 0 Å². The van der Waals surface area contributed by atoms with Gasteiger partial charge in [-0.2, -0.15) is 0 Å². The highest BCUT2D eigenvalue weighted by molar-refractivity contribution is 5.20. The molecular formula is C17H30O4. The van der Waals surface area contributed by atoms with Gasteiger partial charge in [0.25, 0.3) is 0 Å². The molecule has 0 amide bonds. The van der Waals surface area contributed by atoms with Crippen molar-refractivity contribution in [2.45, 2.75) is 72.2 Å². The molecule has 0 radical (unpaired) electrons. The van der Waals surface area contributed by atoms with Crippen molar-refractivity contribution < 1.29 is 19.9 Å². The molecule has 4 heteroatoms. The average Bonchev–Trinajstić information content (AvgIpc) is 2.37. The quantitative estimate of drug-likeness (QED) is 0.634. The first-order valence-corrected chi connectivity index (χ1v) is 7.12. The molecule has 0 saturated carbocycles. The van der Waals surface area contributed by atoms with Crippen molar-refractivity contribution in [2.24, 2.45) is 0 Å². The van der Waals surface area contributed by atoms with E-state index >= 15 is 0 Å². The largest absolute Gasteiger partial charge is 0.251 e. The Bertz CT molecular complexity index is 371. The van der Waals surface area contributed by atoms with Gasteiger partial charge in [-0.15, -0.1) is 0 Å². The summed E-state index contributed by atoms with van der Waals surface area (Å²) in [5.74, 6) is 0. The fourth-order valence-electron chi connectivity index (χ4n) is 1.14. The van der Waals surface area contributed by atoms with Crippen LogP contribution in [0.1, 0.15) is 61.0 Å². The summed E-state index contributed by atoms with van der Waals surface area (Å²) in [6.07, 6.45) is 0. The van der Waals surface area contributed by atoms with E-state index in [-0.39, 0.29) is 11.2 Å². The van der Waals surface area contributed by atoms with Crippen molar-refractivity contribution >= 4 is 0 Å². The van der Waals surface area contributed by atoms with Gasteiger partial charge in [-0.05, 0) is 61.0 Å². The summed E-state index contributed by atoms with van der Waals surface area (Å²) in [6, 6.07) is 9.58. The van der Waals surface area contributed by atoms with E-state index in [1.807, 2.05) is 85.7 Å². The molecule has 0 heterocycles.